The molecule has 0 saturated heterocycles. The van der Waals surface area contributed by atoms with Crippen LogP contribution in [-0.2, 0) is 19.1 Å². The predicted octanol–water partition coefficient (Wildman–Crippen LogP) is 4.27. The second kappa shape index (κ2) is 10.4. The molecule has 0 aliphatic carbocycles. The van der Waals surface area contributed by atoms with Gasteiger partial charge in [-0.2, -0.15) is 0 Å². The van der Waals surface area contributed by atoms with Crippen LogP contribution in [0.3, 0.4) is 0 Å². The monoisotopic (exact) mass is 449 g/mol. The van der Waals surface area contributed by atoms with Crippen molar-refractivity contribution in [3.05, 3.63) is 64.9 Å². The van der Waals surface area contributed by atoms with E-state index in [9.17, 15) is 14.4 Å². The van der Waals surface area contributed by atoms with E-state index in [1.165, 1.54) is 11.8 Å². The Kier molecular flexibility index (Phi) is 7.66. The molecule has 2 N–H and O–H groups in total. The van der Waals surface area contributed by atoms with Gasteiger partial charge in [0, 0.05) is 31.5 Å². The highest BCUT2D eigenvalue weighted by Gasteiger charge is 2.39. The van der Waals surface area contributed by atoms with Gasteiger partial charge in [-0.25, -0.2) is 0 Å². The van der Waals surface area contributed by atoms with Gasteiger partial charge in [0.1, 0.15) is 5.70 Å². The minimum Gasteiger partial charge on any atom is -0.379 e. The predicted molar refractivity (Wildman–Crippen MR) is 130 cm³/mol. The van der Waals surface area contributed by atoms with E-state index in [1.54, 1.807) is 24.3 Å². The second-order valence-corrected chi connectivity index (χ2v) is 8.47. The molecule has 3 amide bonds. The highest BCUT2D eigenvalue weighted by atomic mass is 16.5. The van der Waals surface area contributed by atoms with Crippen molar-refractivity contribution in [3.8, 4) is 0 Å². The maximum atomic E-state index is 13.3. The van der Waals surface area contributed by atoms with Crippen molar-refractivity contribution >= 4 is 34.7 Å². The maximum absolute atomic E-state index is 13.3. The lowest BCUT2D eigenvalue weighted by Crippen LogP contribution is -2.34. The number of hydrogen-bond donors (Lipinski definition) is 2. The summed E-state index contributed by atoms with van der Waals surface area (Å²) in [5.41, 5.74) is 4.77. The largest absolute Gasteiger partial charge is 0.379 e. The number of nitrogens with zero attached hydrogens (tertiary/aromatic N) is 1. The van der Waals surface area contributed by atoms with Crippen molar-refractivity contribution in [3.63, 3.8) is 0 Å². The summed E-state index contributed by atoms with van der Waals surface area (Å²) < 4.78 is 5.57. The van der Waals surface area contributed by atoms with Crippen LogP contribution < -0.4 is 10.6 Å². The molecule has 0 saturated carbocycles. The van der Waals surface area contributed by atoms with E-state index in [2.05, 4.69) is 10.6 Å². The van der Waals surface area contributed by atoms with E-state index in [4.69, 9.17) is 4.74 Å². The molecule has 0 atom stereocenters. The fraction of sp³-hybridized carbons (Fsp3) is 0.346. The Morgan fingerprint density at radius 2 is 1.64 bits per heavy atom. The summed E-state index contributed by atoms with van der Waals surface area (Å²) in [6.07, 6.45) is 0.658. The van der Waals surface area contributed by atoms with Crippen LogP contribution in [-0.4, -0.2) is 41.9 Å². The molecule has 1 heterocycles. The second-order valence-electron chi connectivity index (χ2n) is 8.47. The van der Waals surface area contributed by atoms with Crippen LogP contribution in [0.1, 0.15) is 43.9 Å². The number of benzene rings is 2. The number of imide groups is 1. The van der Waals surface area contributed by atoms with Gasteiger partial charge in [0.15, 0.2) is 0 Å². The van der Waals surface area contributed by atoms with E-state index in [0.717, 1.165) is 11.1 Å². The standard InChI is InChI=1S/C26H31N3O4/c1-16(2)33-14-6-13-29-25(31)23(20-8-7-17(3)18(4)15-20)24(26(29)32)28-22-11-9-21(10-12-22)27-19(5)30/h7-12,15-16,28H,6,13-14H2,1-5H3,(H,27,30). The Morgan fingerprint density at radius 3 is 2.24 bits per heavy atom. The lowest BCUT2D eigenvalue weighted by atomic mass is 9.99. The van der Waals surface area contributed by atoms with Crippen molar-refractivity contribution in [1.29, 1.82) is 0 Å². The molecule has 7 heteroatoms. The summed E-state index contributed by atoms with van der Waals surface area (Å²) in [6, 6.07) is 12.7. The van der Waals surface area contributed by atoms with Crippen LogP contribution in [0.25, 0.3) is 5.57 Å². The summed E-state index contributed by atoms with van der Waals surface area (Å²) in [7, 11) is 0. The van der Waals surface area contributed by atoms with Gasteiger partial charge in [-0.15, -0.1) is 0 Å². The minimum absolute atomic E-state index is 0.0943. The van der Waals surface area contributed by atoms with Crippen LogP contribution >= 0.6 is 0 Å². The summed E-state index contributed by atoms with van der Waals surface area (Å²) in [4.78, 5) is 39.2. The van der Waals surface area contributed by atoms with E-state index >= 15 is 0 Å². The summed E-state index contributed by atoms with van der Waals surface area (Å²) in [5, 5.41) is 5.86. The molecule has 7 nitrogen and oxygen atoms in total. The normalized spacial score (nSPS) is 13.8. The molecule has 0 unspecified atom stereocenters. The van der Waals surface area contributed by atoms with Gasteiger partial charge < -0.3 is 15.4 Å². The van der Waals surface area contributed by atoms with Crippen molar-refractivity contribution in [2.75, 3.05) is 23.8 Å². The third-order valence-electron chi connectivity index (χ3n) is 5.42. The van der Waals surface area contributed by atoms with Crippen LogP contribution in [0.2, 0.25) is 0 Å². The highest BCUT2D eigenvalue weighted by Crippen LogP contribution is 2.31. The van der Waals surface area contributed by atoms with Gasteiger partial charge in [-0.3, -0.25) is 19.3 Å². The molecule has 1 aliphatic heterocycles. The molecule has 0 fully saturated rings. The van der Waals surface area contributed by atoms with Crippen molar-refractivity contribution in [1.82, 2.24) is 4.90 Å². The zero-order chi connectivity index (χ0) is 24.1. The number of ether oxygens (including phenoxy) is 1. The average Bonchev–Trinajstić information content (AvgIpc) is 2.98. The fourth-order valence-electron chi connectivity index (χ4n) is 3.59. The third kappa shape index (κ3) is 5.87. The Hall–Kier alpha value is -3.45. The zero-order valence-electron chi connectivity index (χ0n) is 19.8. The van der Waals surface area contributed by atoms with Gasteiger partial charge in [-0.1, -0.05) is 18.2 Å². The van der Waals surface area contributed by atoms with Crippen molar-refractivity contribution in [2.45, 2.75) is 47.1 Å². The highest BCUT2D eigenvalue weighted by molar-refractivity contribution is 6.36. The number of amides is 3. The minimum atomic E-state index is -0.358. The lowest BCUT2D eigenvalue weighted by molar-refractivity contribution is -0.137. The summed E-state index contributed by atoms with van der Waals surface area (Å²) >= 11 is 0. The molecular formula is C26H31N3O4. The number of anilines is 2. The first-order chi connectivity index (χ1) is 15.7. The molecule has 1 aliphatic rings. The molecule has 174 valence electrons. The molecular weight excluding hydrogens is 418 g/mol. The fourth-order valence-corrected chi connectivity index (χ4v) is 3.59. The van der Waals surface area contributed by atoms with Crippen molar-refractivity contribution in [2.24, 2.45) is 0 Å². The number of rotatable bonds is 9. The number of nitrogens with one attached hydrogen (secondary N) is 2. The first-order valence-corrected chi connectivity index (χ1v) is 11.1. The van der Waals surface area contributed by atoms with Crippen LogP contribution in [0.4, 0.5) is 11.4 Å². The molecule has 0 bridgehead atoms. The van der Waals surface area contributed by atoms with E-state index in [1.807, 2.05) is 45.9 Å². The molecule has 0 aromatic heterocycles. The first kappa shape index (κ1) is 24.2. The summed E-state index contributed by atoms with van der Waals surface area (Å²) in [5.74, 6) is -0.835. The zero-order valence-corrected chi connectivity index (χ0v) is 19.8. The Bertz CT molecular complexity index is 1090. The van der Waals surface area contributed by atoms with Gasteiger partial charge in [0.2, 0.25) is 5.91 Å². The number of aryl methyl sites for hydroxylation is 2. The summed E-state index contributed by atoms with van der Waals surface area (Å²) in [6.45, 7) is 10.1. The van der Waals surface area contributed by atoms with Crippen LogP contribution in [0.15, 0.2) is 48.2 Å². The first-order valence-electron chi connectivity index (χ1n) is 11.1. The quantitative estimate of drug-likeness (QED) is 0.441. The molecule has 0 radical (unpaired) electrons. The Balaban J connectivity index is 1.90. The lowest BCUT2D eigenvalue weighted by Gasteiger charge is -2.16. The molecule has 2 aromatic carbocycles. The Morgan fingerprint density at radius 1 is 0.970 bits per heavy atom. The maximum Gasteiger partial charge on any atom is 0.278 e. The van der Waals surface area contributed by atoms with Crippen molar-refractivity contribution < 1.29 is 19.1 Å². The molecule has 3 rings (SSSR count). The molecule has 33 heavy (non-hydrogen) atoms. The van der Waals surface area contributed by atoms with E-state index in [0.29, 0.717) is 35.5 Å². The van der Waals surface area contributed by atoms with E-state index < -0.39 is 0 Å². The van der Waals surface area contributed by atoms with E-state index in [-0.39, 0.29) is 36.1 Å². The topological polar surface area (TPSA) is 87.7 Å². The van der Waals surface area contributed by atoms with Gasteiger partial charge >= 0.3 is 0 Å². The SMILES string of the molecule is CC(=O)Nc1ccc(NC2=C(c3ccc(C)c(C)c3)C(=O)N(CCCOC(C)C)C2=O)cc1. The molecule has 2 aromatic rings. The number of carbonyl (C=O) groups is 3. The molecule has 0 spiro atoms. The van der Waals surface area contributed by atoms with Crippen LogP contribution in [0.5, 0.6) is 0 Å². The number of carbonyl (C=O) groups excluding carboxylic acids is 3. The Labute approximate surface area is 194 Å². The third-order valence-corrected chi connectivity index (χ3v) is 5.42. The average molecular weight is 450 g/mol. The van der Waals surface area contributed by atoms with Gasteiger partial charge in [-0.05, 0) is 75.1 Å². The van der Waals surface area contributed by atoms with Gasteiger partial charge in [0.05, 0.1) is 11.7 Å². The smallest absolute Gasteiger partial charge is 0.278 e. The number of hydrogen-bond acceptors (Lipinski definition) is 5. The van der Waals surface area contributed by atoms with Gasteiger partial charge in [0.25, 0.3) is 11.8 Å². The van der Waals surface area contributed by atoms with Crippen LogP contribution in [0, 0.1) is 13.8 Å².